The predicted octanol–water partition coefficient (Wildman–Crippen LogP) is 2.88. The number of methoxy groups -OCH3 is 2. The molecule has 0 unspecified atom stereocenters. The number of halogens is 1. The Morgan fingerprint density at radius 1 is 1.29 bits per heavy atom. The van der Waals surface area contributed by atoms with Gasteiger partial charge in [0, 0.05) is 12.1 Å². The molecule has 1 rings (SSSR count). The summed E-state index contributed by atoms with van der Waals surface area (Å²) in [5, 5.41) is 8.52. The second-order valence-corrected chi connectivity index (χ2v) is 2.14. The van der Waals surface area contributed by atoms with E-state index in [-0.39, 0.29) is 0 Å². The average Bonchev–Trinajstić information content (AvgIpc) is 2.30. The molecule has 0 saturated heterocycles. The molecule has 14 heavy (non-hydrogen) atoms. The van der Waals surface area contributed by atoms with Crippen LogP contribution in [0, 0.1) is 5.39 Å². The Hall–Kier alpha value is -0.847. The molecule has 1 aromatic rings. The molecule has 0 aliphatic rings. The van der Waals surface area contributed by atoms with Gasteiger partial charge in [-0.15, -0.1) is 0 Å². The van der Waals surface area contributed by atoms with Gasteiger partial charge >= 0.3 is 32.7 Å². The van der Waals surface area contributed by atoms with Crippen molar-refractivity contribution in [1.29, 1.82) is 5.39 Å². The van der Waals surface area contributed by atoms with Gasteiger partial charge in [0.25, 0.3) is 0 Å². The third kappa shape index (κ3) is 3.49. The molecule has 1 aromatic carbocycles. The Bertz CT molecular complexity index is 328. The van der Waals surface area contributed by atoms with Crippen molar-refractivity contribution in [3.8, 4) is 11.5 Å². The van der Waals surface area contributed by atoms with E-state index in [9.17, 15) is 0 Å². The molecule has 0 aliphatic heterocycles. The monoisotopic (exact) mass is 264 g/mol. The quantitative estimate of drug-likeness (QED) is 0.610. The van der Waals surface area contributed by atoms with Crippen molar-refractivity contribution in [1.82, 2.24) is 0 Å². The molecule has 0 radical (unpaired) electrons. The van der Waals surface area contributed by atoms with E-state index in [2.05, 4.69) is 4.98 Å². The summed E-state index contributed by atoms with van der Waals surface area (Å²) in [7, 11) is 7.83. The van der Waals surface area contributed by atoms with Crippen molar-refractivity contribution in [2.45, 2.75) is 0 Å². The van der Waals surface area contributed by atoms with Crippen molar-refractivity contribution in [3.05, 3.63) is 23.2 Å². The first-order valence-corrected chi connectivity index (χ1v) is 7.55. The van der Waals surface area contributed by atoms with Crippen molar-refractivity contribution in [2.75, 3.05) is 14.2 Å². The van der Waals surface area contributed by atoms with E-state index in [1.165, 1.54) is 7.11 Å². The Kier molecular flexibility index (Phi) is 7.09. The van der Waals surface area contributed by atoms with E-state index in [4.69, 9.17) is 24.6 Å². The van der Waals surface area contributed by atoms with E-state index in [1.54, 1.807) is 25.3 Å². The molecule has 0 aliphatic carbocycles. The Morgan fingerprint density at radius 3 is 2.36 bits per heavy atom. The normalized spacial score (nSPS) is 7.79. The fourth-order valence-corrected chi connectivity index (χ4v) is 0.868. The van der Waals surface area contributed by atoms with Gasteiger partial charge in [0.15, 0.2) is 4.98 Å². The van der Waals surface area contributed by atoms with Crippen molar-refractivity contribution < 1.29 is 26.8 Å². The summed E-state index contributed by atoms with van der Waals surface area (Å²) in [5.41, 5.74) is 0.387. The van der Waals surface area contributed by atoms with Gasteiger partial charge in [-0.2, -0.15) is 0 Å². The van der Waals surface area contributed by atoms with Crippen LogP contribution in [0.3, 0.4) is 0 Å². The van der Waals surface area contributed by atoms with Gasteiger partial charge in [0.2, 0.25) is 11.1 Å². The van der Waals surface area contributed by atoms with Crippen LogP contribution in [0.1, 0.15) is 0 Å². The number of ether oxygens (including phenoxy) is 2. The number of rotatable bonds is 2. The molecule has 0 N–H and O–H groups in total. The van der Waals surface area contributed by atoms with Crippen molar-refractivity contribution in [3.63, 3.8) is 0 Å². The van der Waals surface area contributed by atoms with Crippen LogP contribution < -0.4 is 9.47 Å². The summed E-state index contributed by atoms with van der Waals surface area (Å²) < 4.78 is 9.90. The van der Waals surface area contributed by atoms with Gasteiger partial charge in [-0.05, 0) is 6.07 Å². The van der Waals surface area contributed by atoms with Crippen LogP contribution >= 0.6 is 9.69 Å². The van der Waals surface area contributed by atoms with Gasteiger partial charge < -0.3 is 9.47 Å². The summed E-state index contributed by atoms with van der Waals surface area (Å²) in [5.74, 6) is 1.15. The maximum atomic E-state index is 8.52. The van der Waals surface area contributed by atoms with Crippen LogP contribution in [0.4, 0.5) is 5.69 Å². The zero-order chi connectivity index (χ0) is 11.0. The summed E-state index contributed by atoms with van der Waals surface area (Å²) >= 11 is 0.847. The standard InChI is InChI=1S/C8H9N2O2.ClH.Zn/c1-11-6-3-4-7(10-9)8(5-6)12-2;;/h3-5H,1-2H3;1H;/q+1;;/p-1. The molecule has 0 bridgehead atoms. The van der Waals surface area contributed by atoms with Crippen LogP contribution in [0.15, 0.2) is 18.2 Å². The Morgan fingerprint density at radius 2 is 1.93 bits per heavy atom. The fourth-order valence-electron chi connectivity index (χ4n) is 0.868. The minimum absolute atomic E-state index is 0.387. The molecule has 6 heteroatoms. The van der Waals surface area contributed by atoms with Gasteiger partial charge in [0.05, 0.1) is 14.2 Å². The first-order chi connectivity index (χ1) is 6.81. The van der Waals surface area contributed by atoms with E-state index >= 15 is 0 Å². The molecule has 0 amide bonds. The third-order valence-corrected chi connectivity index (χ3v) is 1.49. The Labute approximate surface area is 96.5 Å². The van der Waals surface area contributed by atoms with E-state index in [0.29, 0.717) is 17.2 Å². The van der Waals surface area contributed by atoms with Crippen LogP contribution in [0.2, 0.25) is 0 Å². The molecule has 72 valence electrons. The fraction of sp³-hybridized carbons (Fsp3) is 0.250. The first-order valence-electron chi connectivity index (χ1n) is 3.65. The number of benzene rings is 1. The first kappa shape index (κ1) is 13.2. The molecule has 0 saturated carbocycles. The summed E-state index contributed by atoms with van der Waals surface area (Å²) in [6.45, 7) is 0. The second kappa shape index (κ2) is 7.55. The van der Waals surface area contributed by atoms with E-state index in [0.717, 1.165) is 17.3 Å². The van der Waals surface area contributed by atoms with Crippen LogP contribution in [0.25, 0.3) is 4.98 Å². The van der Waals surface area contributed by atoms with Crippen LogP contribution in [0.5, 0.6) is 11.5 Å². The summed E-state index contributed by atoms with van der Waals surface area (Å²) in [4.78, 5) is 3.04. The Balaban J connectivity index is 0.000000791. The molecule has 4 nitrogen and oxygen atoms in total. The third-order valence-electron chi connectivity index (χ3n) is 1.49. The predicted molar refractivity (Wildman–Crippen MR) is 50.1 cm³/mol. The van der Waals surface area contributed by atoms with Gasteiger partial charge in [0.1, 0.15) is 5.75 Å². The number of nitrogens with zero attached hydrogens (tertiary/aromatic N) is 2. The maximum absolute atomic E-state index is 8.52. The van der Waals surface area contributed by atoms with Crippen LogP contribution in [-0.2, 0) is 17.3 Å². The molecule has 0 atom stereocenters. The van der Waals surface area contributed by atoms with E-state index < -0.39 is 0 Å². The summed E-state index contributed by atoms with van der Waals surface area (Å²) in [6.07, 6.45) is 0. The van der Waals surface area contributed by atoms with Gasteiger partial charge in [-0.1, -0.05) is 0 Å². The average molecular weight is 266 g/mol. The van der Waals surface area contributed by atoms with E-state index in [1.807, 2.05) is 0 Å². The molecule has 0 fully saturated rings. The van der Waals surface area contributed by atoms with Crippen molar-refractivity contribution in [2.24, 2.45) is 0 Å². The molecule has 0 aromatic heterocycles. The minimum atomic E-state index is 0.387. The molecule has 0 spiro atoms. The SMILES string of the molecule is COc1ccc([N+]#N)c(OC)c1.[Cl][Zn-]. The zero-order valence-electron chi connectivity index (χ0n) is 8.03. The molecular formula is C8H9ClN2O2Zn. The van der Waals surface area contributed by atoms with Gasteiger partial charge in [-0.25, -0.2) is 0 Å². The number of diazo groups is 1. The van der Waals surface area contributed by atoms with Gasteiger partial charge in [-0.3, -0.25) is 0 Å². The van der Waals surface area contributed by atoms with Crippen LogP contribution in [-0.4, -0.2) is 14.2 Å². The number of hydrogen-bond acceptors (Lipinski definition) is 3. The summed E-state index contributed by atoms with van der Waals surface area (Å²) in [6, 6.07) is 4.95. The molecular weight excluding hydrogens is 257 g/mol. The zero-order valence-corrected chi connectivity index (χ0v) is 11.8. The number of hydrogen-bond donors (Lipinski definition) is 0. The molecule has 0 heterocycles. The second-order valence-electron chi connectivity index (χ2n) is 2.14. The topological polar surface area (TPSA) is 46.6 Å². The van der Waals surface area contributed by atoms with Crippen molar-refractivity contribution >= 4 is 15.4 Å².